The maximum absolute atomic E-state index is 13.1. The second-order valence-electron chi connectivity index (χ2n) is 3.25. The summed E-state index contributed by atoms with van der Waals surface area (Å²) < 4.78 is 48.5. The van der Waals surface area contributed by atoms with E-state index in [9.17, 15) is 17.6 Å². The van der Waals surface area contributed by atoms with Crippen molar-refractivity contribution in [1.82, 2.24) is 0 Å². The van der Waals surface area contributed by atoms with Crippen LogP contribution in [0.5, 0.6) is 0 Å². The fraction of sp³-hybridized carbons (Fsp3) is 0.273. The highest BCUT2D eigenvalue weighted by atomic mass is 19.4. The lowest BCUT2D eigenvalue weighted by atomic mass is 10.1. The molecule has 0 aliphatic rings. The van der Waals surface area contributed by atoms with Crippen molar-refractivity contribution in [2.75, 3.05) is 0 Å². The maximum atomic E-state index is 13.1. The molecule has 0 atom stereocenters. The summed E-state index contributed by atoms with van der Waals surface area (Å²) in [5.74, 6) is -0.506. The minimum atomic E-state index is -4.24. The van der Waals surface area contributed by atoms with Crippen LogP contribution in [0.4, 0.5) is 17.6 Å². The van der Waals surface area contributed by atoms with Crippen LogP contribution in [0.3, 0.4) is 0 Å². The molecule has 0 N–H and O–H groups in total. The van der Waals surface area contributed by atoms with Crippen molar-refractivity contribution < 1.29 is 17.6 Å². The number of halogens is 4. The number of benzene rings is 1. The Morgan fingerprint density at radius 3 is 2.47 bits per heavy atom. The molecule has 0 unspecified atom stereocenters. The summed E-state index contributed by atoms with van der Waals surface area (Å²) in [6, 6.07) is 4.39. The Labute approximate surface area is 85.2 Å². The molecule has 0 radical (unpaired) electrons. The standard InChI is InChI=1S/C11H10F4/c1-8-4-5-9(10(12)7-8)3-2-6-11(13,14)15/h2-5,7H,6H2,1H3/b3-2+. The second-order valence-corrected chi connectivity index (χ2v) is 3.25. The molecule has 0 fully saturated rings. The lowest BCUT2D eigenvalue weighted by molar-refractivity contribution is -0.124. The Morgan fingerprint density at radius 1 is 1.27 bits per heavy atom. The van der Waals surface area contributed by atoms with Gasteiger partial charge in [-0.2, -0.15) is 13.2 Å². The number of alkyl halides is 3. The van der Waals surface area contributed by atoms with Crippen LogP contribution in [0.15, 0.2) is 24.3 Å². The van der Waals surface area contributed by atoms with Crippen molar-refractivity contribution >= 4 is 6.08 Å². The molecule has 4 heteroatoms. The monoisotopic (exact) mass is 218 g/mol. The van der Waals surface area contributed by atoms with E-state index in [1.165, 1.54) is 12.1 Å². The van der Waals surface area contributed by atoms with Crippen molar-refractivity contribution in [2.24, 2.45) is 0 Å². The molecule has 0 saturated heterocycles. The van der Waals surface area contributed by atoms with Gasteiger partial charge >= 0.3 is 6.18 Å². The van der Waals surface area contributed by atoms with Crippen molar-refractivity contribution in [3.63, 3.8) is 0 Å². The van der Waals surface area contributed by atoms with Gasteiger partial charge in [0, 0.05) is 5.56 Å². The van der Waals surface area contributed by atoms with Crippen LogP contribution in [0.25, 0.3) is 6.08 Å². The van der Waals surface area contributed by atoms with Gasteiger partial charge in [0.2, 0.25) is 0 Å². The molecule has 15 heavy (non-hydrogen) atoms. The highest BCUT2D eigenvalue weighted by Gasteiger charge is 2.24. The maximum Gasteiger partial charge on any atom is 0.392 e. The van der Waals surface area contributed by atoms with Crippen LogP contribution in [0.2, 0.25) is 0 Å². The molecule has 0 aliphatic carbocycles. The zero-order valence-corrected chi connectivity index (χ0v) is 8.11. The molecule has 0 aromatic heterocycles. The summed E-state index contributed by atoms with van der Waals surface area (Å²) in [6.07, 6.45) is -3.23. The van der Waals surface area contributed by atoms with E-state index in [-0.39, 0.29) is 5.56 Å². The zero-order valence-electron chi connectivity index (χ0n) is 8.11. The van der Waals surface area contributed by atoms with Crippen LogP contribution in [-0.4, -0.2) is 6.18 Å². The molecule has 0 nitrogen and oxygen atoms in total. The Kier molecular flexibility index (Phi) is 3.50. The van der Waals surface area contributed by atoms with Gasteiger partial charge in [0.05, 0.1) is 6.42 Å². The fourth-order valence-electron chi connectivity index (χ4n) is 1.09. The summed E-state index contributed by atoms with van der Waals surface area (Å²) in [7, 11) is 0. The predicted molar refractivity (Wildman–Crippen MR) is 50.8 cm³/mol. The third-order valence-electron chi connectivity index (χ3n) is 1.80. The highest BCUT2D eigenvalue weighted by molar-refractivity contribution is 5.50. The Hall–Kier alpha value is -1.32. The van der Waals surface area contributed by atoms with Gasteiger partial charge in [-0.1, -0.05) is 24.3 Å². The summed E-state index contributed by atoms with van der Waals surface area (Å²) in [5.41, 5.74) is 0.908. The lowest BCUT2D eigenvalue weighted by Gasteiger charge is -2.01. The van der Waals surface area contributed by atoms with Crippen molar-refractivity contribution in [3.8, 4) is 0 Å². The molecule has 0 bridgehead atoms. The second kappa shape index (κ2) is 4.47. The quantitative estimate of drug-likeness (QED) is 0.655. The van der Waals surface area contributed by atoms with E-state index in [4.69, 9.17) is 0 Å². The van der Waals surface area contributed by atoms with E-state index in [0.717, 1.165) is 17.7 Å². The topological polar surface area (TPSA) is 0 Å². The summed E-state index contributed by atoms with van der Waals surface area (Å²) in [6.45, 7) is 1.71. The third kappa shape index (κ3) is 4.14. The van der Waals surface area contributed by atoms with Gasteiger partial charge in [0.15, 0.2) is 0 Å². The van der Waals surface area contributed by atoms with Gasteiger partial charge in [-0.05, 0) is 18.6 Å². The molecule has 82 valence electrons. The van der Waals surface area contributed by atoms with Crippen LogP contribution < -0.4 is 0 Å². The van der Waals surface area contributed by atoms with Gasteiger partial charge in [-0.15, -0.1) is 0 Å². The van der Waals surface area contributed by atoms with Crippen LogP contribution >= 0.6 is 0 Å². The van der Waals surface area contributed by atoms with Crippen LogP contribution in [0, 0.1) is 12.7 Å². The zero-order chi connectivity index (χ0) is 11.5. The smallest absolute Gasteiger partial charge is 0.206 e. The molecular weight excluding hydrogens is 208 g/mol. The first-order chi connectivity index (χ1) is 6.88. The number of hydrogen-bond donors (Lipinski definition) is 0. The average molecular weight is 218 g/mol. The molecule has 1 aromatic carbocycles. The molecule has 0 aliphatic heterocycles. The fourth-order valence-corrected chi connectivity index (χ4v) is 1.09. The molecular formula is C11H10F4. The highest BCUT2D eigenvalue weighted by Crippen LogP contribution is 2.21. The molecule has 1 rings (SSSR count). The number of rotatable bonds is 2. The summed E-state index contributed by atoms with van der Waals surface area (Å²) in [4.78, 5) is 0. The van der Waals surface area contributed by atoms with Gasteiger partial charge in [-0.3, -0.25) is 0 Å². The van der Waals surface area contributed by atoms with E-state index in [1.54, 1.807) is 13.0 Å². The molecule has 0 saturated carbocycles. The minimum Gasteiger partial charge on any atom is -0.206 e. The Balaban J connectivity index is 2.73. The van der Waals surface area contributed by atoms with Crippen molar-refractivity contribution in [1.29, 1.82) is 0 Å². The molecule has 0 heterocycles. The van der Waals surface area contributed by atoms with Gasteiger partial charge in [0.25, 0.3) is 0 Å². The van der Waals surface area contributed by atoms with E-state index in [1.807, 2.05) is 0 Å². The van der Waals surface area contributed by atoms with E-state index < -0.39 is 18.4 Å². The Morgan fingerprint density at radius 2 is 1.93 bits per heavy atom. The number of aryl methyl sites for hydroxylation is 1. The first-order valence-electron chi connectivity index (χ1n) is 4.38. The largest absolute Gasteiger partial charge is 0.392 e. The first-order valence-corrected chi connectivity index (χ1v) is 4.38. The predicted octanol–water partition coefficient (Wildman–Crippen LogP) is 4.10. The number of hydrogen-bond acceptors (Lipinski definition) is 0. The summed E-state index contributed by atoms with van der Waals surface area (Å²) in [5, 5.41) is 0. The normalized spacial score (nSPS) is 12.3. The van der Waals surface area contributed by atoms with Crippen molar-refractivity contribution in [3.05, 3.63) is 41.2 Å². The average Bonchev–Trinajstić information content (AvgIpc) is 2.07. The third-order valence-corrected chi connectivity index (χ3v) is 1.80. The molecule has 0 spiro atoms. The van der Waals surface area contributed by atoms with Crippen molar-refractivity contribution in [2.45, 2.75) is 19.5 Å². The van der Waals surface area contributed by atoms with Gasteiger partial charge in [0.1, 0.15) is 5.82 Å². The van der Waals surface area contributed by atoms with E-state index in [2.05, 4.69) is 0 Å². The summed E-state index contributed by atoms with van der Waals surface area (Å²) >= 11 is 0. The molecule has 0 amide bonds. The van der Waals surface area contributed by atoms with Crippen LogP contribution in [-0.2, 0) is 0 Å². The minimum absolute atomic E-state index is 0.171. The van der Waals surface area contributed by atoms with Crippen LogP contribution in [0.1, 0.15) is 17.5 Å². The van der Waals surface area contributed by atoms with Gasteiger partial charge in [-0.25, -0.2) is 4.39 Å². The first kappa shape index (κ1) is 11.8. The number of allylic oxidation sites excluding steroid dienone is 1. The van der Waals surface area contributed by atoms with E-state index >= 15 is 0 Å². The lowest BCUT2D eigenvalue weighted by Crippen LogP contribution is -2.03. The van der Waals surface area contributed by atoms with Gasteiger partial charge < -0.3 is 0 Å². The molecule has 1 aromatic rings. The van der Waals surface area contributed by atoms with E-state index in [0.29, 0.717) is 0 Å². The Bertz CT molecular complexity index is 363. The SMILES string of the molecule is Cc1ccc(/C=C/CC(F)(F)F)c(F)c1.